The van der Waals surface area contributed by atoms with Gasteiger partial charge in [-0.05, 0) is 48.2 Å². The summed E-state index contributed by atoms with van der Waals surface area (Å²) in [5.74, 6) is 0.332. The minimum Gasteiger partial charge on any atom is -0.507 e. The van der Waals surface area contributed by atoms with Crippen LogP contribution in [0.2, 0.25) is 5.02 Å². The monoisotopic (exact) mass is 366 g/mol. The van der Waals surface area contributed by atoms with Gasteiger partial charge in [0.1, 0.15) is 5.75 Å². The molecule has 7 heteroatoms. The number of halogens is 1. The molecular weight excluding hydrogens is 348 g/mol. The fourth-order valence-electron chi connectivity index (χ4n) is 2.06. The highest BCUT2D eigenvalue weighted by Gasteiger charge is 2.13. The number of phenols is 1. The second-order valence-electron chi connectivity index (χ2n) is 5.43. The van der Waals surface area contributed by atoms with E-state index >= 15 is 0 Å². The maximum absolute atomic E-state index is 12.2. The summed E-state index contributed by atoms with van der Waals surface area (Å²) < 4.78 is 24.4. The van der Waals surface area contributed by atoms with Crippen LogP contribution in [-0.4, -0.2) is 19.7 Å². The Morgan fingerprint density at radius 3 is 2.54 bits per heavy atom. The molecule has 2 N–H and O–H groups in total. The number of aromatic hydroxyl groups is 1. The second-order valence-corrected chi connectivity index (χ2v) is 7.53. The van der Waals surface area contributed by atoms with Crippen molar-refractivity contribution >= 4 is 27.8 Å². The molecule has 24 heavy (non-hydrogen) atoms. The predicted octanol–water partition coefficient (Wildman–Crippen LogP) is 3.87. The molecule has 0 aromatic heterocycles. The number of hydrazone groups is 1. The van der Waals surface area contributed by atoms with Gasteiger partial charge >= 0.3 is 0 Å². The van der Waals surface area contributed by atoms with Gasteiger partial charge in [-0.3, -0.25) is 0 Å². The summed E-state index contributed by atoms with van der Waals surface area (Å²) >= 11 is 5.82. The van der Waals surface area contributed by atoms with Crippen molar-refractivity contribution in [3.05, 3.63) is 58.6 Å². The van der Waals surface area contributed by atoms with Gasteiger partial charge in [0.15, 0.2) is 0 Å². The Kier molecular flexibility index (Phi) is 5.85. The smallest absolute Gasteiger partial charge is 0.276 e. The lowest BCUT2D eigenvalue weighted by atomic mass is 9.99. The van der Waals surface area contributed by atoms with Crippen molar-refractivity contribution in [3.63, 3.8) is 0 Å². The molecule has 1 atom stereocenters. The number of hydrogen-bond acceptors (Lipinski definition) is 4. The number of nitrogens with one attached hydrogen (secondary N) is 1. The topological polar surface area (TPSA) is 78.8 Å². The third-order valence-electron chi connectivity index (χ3n) is 3.74. The number of sulfonamides is 1. The van der Waals surface area contributed by atoms with E-state index in [1.165, 1.54) is 24.4 Å². The average Bonchev–Trinajstić information content (AvgIpc) is 2.57. The third kappa shape index (κ3) is 4.49. The van der Waals surface area contributed by atoms with Gasteiger partial charge < -0.3 is 5.11 Å². The van der Waals surface area contributed by atoms with E-state index in [1.54, 1.807) is 24.3 Å². The summed E-state index contributed by atoms with van der Waals surface area (Å²) in [6, 6.07) is 11.1. The molecule has 128 valence electrons. The number of benzene rings is 2. The first-order valence-corrected chi connectivity index (χ1v) is 9.33. The summed E-state index contributed by atoms with van der Waals surface area (Å²) in [4.78, 5) is 2.25. The van der Waals surface area contributed by atoms with Crippen molar-refractivity contribution in [2.24, 2.45) is 5.10 Å². The van der Waals surface area contributed by atoms with E-state index in [0.717, 1.165) is 12.0 Å². The summed E-state index contributed by atoms with van der Waals surface area (Å²) in [5.41, 5.74) is 1.40. The lowest BCUT2D eigenvalue weighted by Crippen LogP contribution is -2.18. The number of hydrogen-bond donors (Lipinski definition) is 2. The van der Waals surface area contributed by atoms with Crippen molar-refractivity contribution in [2.75, 3.05) is 0 Å². The number of phenolic OH excluding ortho intramolecular Hbond substituents is 1. The lowest BCUT2D eigenvalue weighted by molar-refractivity contribution is 0.474. The Morgan fingerprint density at radius 1 is 1.25 bits per heavy atom. The van der Waals surface area contributed by atoms with Crippen molar-refractivity contribution in [1.82, 2.24) is 4.83 Å². The van der Waals surface area contributed by atoms with Crippen LogP contribution in [0.25, 0.3) is 0 Å². The van der Waals surface area contributed by atoms with Crippen molar-refractivity contribution in [3.8, 4) is 5.75 Å². The Labute approximate surface area is 147 Å². The van der Waals surface area contributed by atoms with Gasteiger partial charge in [-0.1, -0.05) is 37.6 Å². The van der Waals surface area contributed by atoms with Gasteiger partial charge in [-0.2, -0.15) is 13.5 Å². The summed E-state index contributed by atoms with van der Waals surface area (Å²) in [5, 5.41) is 13.8. The first-order chi connectivity index (χ1) is 11.3. The highest BCUT2D eigenvalue weighted by atomic mass is 35.5. The molecule has 5 nitrogen and oxygen atoms in total. The largest absolute Gasteiger partial charge is 0.507 e. The van der Waals surface area contributed by atoms with Gasteiger partial charge in [0, 0.05) is 10.6 Å². The minimum atomic E-state index is -3.77. The van der Waals surface area contributed by atoms with E-state index < -0.39 is 10.0 Å². The van der Waals surface area contributed by atoms with Crippen LogP contribution in [0.15, 0.2) is 52.5 Å². The van der Waals surface area contributed by atoms with Gasteiger partial charge in [0.25, 0.3) is 10.0 Å². The first-order valence-electron chi connectivity index (χ1n) is 7.47. The molecular formula is C17H19ClN2O3S. The maximum Gasteiger partial charge on any atom is 0.276 e. The molecule has 2 rings (SSSR count). The fourth-order valence-corrected chi connectivity index (χ4v) is 3.03. The van der Waals surface area contributed by atoms with Crippen molar-refractivity contribution in [1.29, 1.82) is 0 Å². The summed E-state index contributed by atoms with van der Waals surface area (Å²) in [7, 11) is -3.77. The molecule has 0 spiro atoms. The molecule has 0 heterocycles. The second kappa shape index (κ2) is 7.68. The summed E-state index contributed by atoms with van der Waals surface area (Å²) in [6.45, 7) is 4.17. The standard InChI is InChI=1S/C17H19ClN2O3S/c1-3-12(2)13-4-7-16(8-5-13)24(22,23)20-19-11-14-10-15(18)6-9-17(14)21/h4-12,20-21H,3H2,1-2H3/b19-11-/t12-/m0/s1. The minimum absolute atomic E-state index is 0.0414. The van der Waals surface area contributed by atoms with Crippen LogP contribution >= 0.6 is 11.6 Å². The van der Waals surface area contributed by atoms with E-state index in [-0.39, 0.29) is 10.6 Å². The molecule has 0 saturated carbocycles. The normalized spacial score (nSPS) is 13.1. The van der Waals surface area contributed by atoms with Crippen LogP contribution < -0.4 is 4.83 Å². The zero-order valence-electron chi connectivity index (χ0n) is 13.4. The third-order valence-corrected chi connectivity index (χ3v) is 5.21. The van der Waals surface area contributed by atoms with Crippen LogP contribution in [0.1, 0.15) is 37.3 Å². The van der Waals surface area contributed by atoms with Crippen LogP contribution in [0, 0.1) is 0 Å². The van der Waals surface area contributed by atoms with E-state index in [0.29, 0.717) is 16.5 Å². The van der Waals surface area contributed by atoms with Crippen LogP contribution in [0.4, 0.5) is 0 Å². The van der Waals surface area contributed by atoms with E-state index in [4.69, 9.17) is 11.6 Å². The molecule has 0 aliphatic heterocycles. The van der Waals surface area contributed by atoms with Crippen molar-refractivity contribution in [2.45, 2.75) is 31.1 Å². The molecule has 0 bridgehead atoms. The molecule has 0 amide bonds. The van der Waals surface area contributed by atoms with Gasteiger partial charge in [-0.25, -0.2) is 4.83 Å². The predicted molar refractivity (Wildman–Crippen MR) is 96.2 cm³/mol. The lowest BCUT2D eigenvalue weighted by Gasteiger charge is -2.10. The molecule has 0 fully saturated rings. The zero-order valence-corrected chi connectivity index (χ0v) is 15.0. The zero-order chi connectivity index (χ0) is 17.7. The van der Waals surface area contributed by atoms with Gasteiger partial charge in [-0.15, -0.1) is 0 Å². The molecule has 0 aliphatic carbocycles. The molecule has 0 unspecified atom stereocenters. The highest BCUT2D eigenvalue weighted by molar-refractivity contribution is 7.89. The fraction of sp³-hybridized carbons (Fsp3) is 0.235. The SMILES string of the molecule is CC[C@H](C)c1ccc(S(=O)(=O)N/N=C\c2cc(Cl)ccc2O)cc1. The van der Waals surface area contributed by atoms with Gasteiger partial charge in [0.05, 0.1) is 11.1 Å². The van der Waals surface area contributed by atoms with Crippen LogP contribution in [0.3, 0.4) is 0 Å². The highest BCUT2D eigenvalue weighted by Crippen LogP contribution is 2.21. The molecule has 0 aliphatic rings. The summed E-state index contributed by atoms with van der Waals surface area (Å²) in [6.07, 6.45) is 2.18. The Morgan fingerprint density at radius 2 is 1.92 bits per heavy atom. The van der Waals surface area contributed by atoms with E-state index in [1.807, 2.05) is 0 Å². The Bertz CT molecular complexity index is 833. The number of rotatable bonds is 6. The number of nitrogens with zero attached hydrogens (tertiary/aromatic N) is 1. The molecule has 0 saturated heterocycles. The van der Waals surface area contributed by atoms with E-state index in [9.17, 15) is 13.5 Å². The molecule has 2 aromatic carbocycles. The maximum atomic E-state index is 12.2. The van der Waals surface area contributed by atoms with Crippen molar-refractivity contribution < 1.29 is 13.5 Å². The molecule has 0 radical (unpaired) electrons. The van der Waals surface area contributed by atoms with Crippen LogP contribution in [0.5, 0.6) is 5.75 Å². The first kappa shape index (κ1) is 18.3. The average molecular weight is 367 g/mol. The molecule has 2 aromatic rings. The van der Waals surface area contributed by atoms with Gasteiger partial charge in [0.2, 0.25) is 0 Å². The van der Waals surface area contributed by atoms with E-state index in [2.05, 4.69) is 23.8 Å². The van der Waals surface area contributed by atoms with Crippen LogP contribution in [-0.2, 0) is 10.0 Å². The Hall–Kier alpha value is -2.05. The quantitative estimate of drug-likeness (QED) is 0.601. The Balaban J connectivity index is 2.13.